The Labute approximate surface area is 146 Å². The Kier molecular flexibility index (Phi) is 3.87. The molecular formula is C18H14F2N4O2. The number of rotatable bonds is 2. The lowest BCUT2D eigenvalue weighted by Crippen LogP contribution is -2.22. The molecule has 1 aliphatic rings. The van der Waals surface area contributed by atoms with E-state index in [9.17, 15) is 18.4 Å². The third-order valence-corrected chi connectivity index (χ3v) is 4.25. The van der Waals surface area contributed by atoms with Gasteiger partial charge >= 0.3 is 6.03 Å². The zero-order valence-electron chi connectivity index (χ0n) is 13.6. The Morgan fingerprint density at radius 1 is 1.12 bits per heavy atom. The smallest absolute Gasteiger partial charge is 0.308 e. The standard InChI is InChI=1S/C18H14F2N4O2/c19-10-3-5-15(13(20)8-10)23-18(26)21-11-4-6-14-12(9-11)17(25)24-7-1-2-16(24)22-14/h3-6,8-9H,1-2,7H2,(H2,21,23,26). The Balaban J connectivity index is 1.59. The van der Waals surface area contributed by atoms with Gasteiger partial charge < -0.3 is 10.6 Å². The molecule has 8 heteroatoms. The number of aromatic nitrogens is 2. The first kappa shape index (κ1) is 16.2. The van der Waals surface area contributed by atoms with E-state index >= 15 is 0 Å². The number of nitrogens with zero attached hydrogens (tertiary/aromatic N) is 2. The van der Waals surface area contributed by atoms with E-state index in [0.717, 1.165) is 30.8 Å². The van der Waals surface area contributed by atoms with Gasteiger partial charge in [0, 0.05) is 24.7 Å². The summed E-state index contributed by atoms with van der Waals surface area (Å²) >= 11 is 0. The van der Waals surface area contributed by atoms with Gasteiger partial charge in [-0.2, -0.15) is 0 Å². The van der Waals surface area contributed by atoms with Crippen molar-refractivity contribution in [2.45, 2.75) is 19.4 Å². The highest BCUT2D eigenvalue weighted by atomic mass is 19.1. The predicted molar refractivity (Wildman–Crippen MR) is 93.3 cm³/mol. The first-order valence-corrected chi connectivity index (χ1v) is 8.08. The molecule has 0 bridgehead atoms. The number of hydrogen-bond donors (Lipinski definition) is 2. The van der Waals surface area contributed by atoms with Crippen LogP contribution >= 0.6 is 0 Å². The molecule has 2 N–H and O–H groups in total. The van der Waals surface area contributed by atoms with Gasteiger partial charge in [-0.25, -0.2) is 18.6 Å². The molecule has 3 aromatic rings. The molecule has 1 aromatic heterocycles. The van der Waals surface area contributed by atoms with Gasteiger partial charge in [0.05, 0.1) is 16.6 Å². The number of anilines is 2. The summed E-state index contributed by atoms with van der Waals surface area (Å²) in [7, 11) is 0. The predicted octanol–water partition coefficient (Wildman–Crippen LogP) is 3.26. The van der Waals surface area contributed by atoms with Gasteiger partial charge in [-0.15, -0.1) is 0 Å². The maximum absolute atomic E-state index is 13.6. The lowest BCUT2D eigenvalue weighted by Gasteiger charge is -2.10. The van der Waals surface area contributed by atoms with Crippen LogP contribution in [0.25, 0.3) is 10.9 Å². The molecule has 2 aromatic carbocycles. The van der Waals surface area contributed by atoms with Gasteiger partial charge in [0.25, 0.3) is 5.56 Å². The van der Waals surface area contributed by atoms with E-state index < -0.39 is 17.7 Å². The van der Waals surface area contributed by atoms with Gasteiger partial charge in [0.1, 0.15) is 17.5 Å². The Bertz CT molecular complexity index is 1090. The summed E-state index contributed by atoms with van der Waals surface area (Å²) in [4.78, 5) is 29.1. The molecule has 26 heavy (non-hydrogen) atoms. The third kappa shape index (κ3) is 2.90. The minimum atomic E-state index is -0.878. The summed E-state index contributed by atoms with van der Waals surface area (Å²) < 4.78 is 28.1. The summed E-state index contributed by atoms with van der Waals surface area (Å²) in [6.45, 7) is 0.638. The molecule has 0 spiro atoms. The first-order chi connectivity index (χ1) is 12.5. The third-order valence-electron chi connectivity index (χ3n) is 4.25. The minimum Gasteiger partial charge on any atom is -0.308 e. The number of nitrogens with one attached hydrogen (secondary N) is 2. The van der Waals surface area contributed by atoms with E-state index in [1.807, 2.05) is 0 Å². The topological polar surface area (TPSA) is 76.0 Å². The molecule has 4 rings (SSSR count). The average molecular weight is 356 g/mol. The number of amides is 2. The number of fused-ring (bicyclic) bond motifs is 2. The van der Waals surface area contributed by atoms with Crippen molar-refractivity contribution >= 4 is 28.3 Å². The van der Waals surface area contributed by atoms with Crippen LogP contribution in [0.2, 0.25) is 0 Å². The van der Waals surface area contributed by atoms with Crippen molar-refractivity contribution in [3.8, 4) is 0 Å². The van der Waals surface area contributed by atoms with Crippen LogP contribution in [0.15, 0.2) is 41.2 Å². The summed E-state index contributed by atoms with van der Waals surface area (Å²) in [5.41, 5.74) is 0.647. The summed E-state index contributed by atoms with van der Waals surface area (Å²) in [6, 6.07) is 6.96. The highest BCUT2D eigenvalue weighted by molar-refractivity contribution is 6.00. The number of benzene rings is 2. The molecule has 0 unspecified atom stereocenters. The quantitative estimate of drug-likeness (QED) is 0.740. The molecule has 0 atom stereocenters. The second-order valence-corrected chi connectivity index (χ2v) is 6.02. The van der Waals surface area contributed by atoms with Crippen molar-refractivity contribution in [2.24, 2.45) is 0 Å². The van der Waals surface area contributed by atoms with Crippen LogP contribution in [0.3, 0.4) is 0 Å². The van der Waals surface area contributed by atoms with E-state index in [1.54, 1.807) is 16.7 Å². The molecule has 132 valence electrons. The molecule has 0 saturated heterocycles. The zero-order chi connectivity index (χ0) is 18.3. The van der Waals surface area contributed by atoms with E-state index in [-0.39, 0.29) is 11.2 Å². The molecule has 1 aliphatic heterocycles. The van der Waals surface area contributed by atoms with Crippen LogP contribution in [0.4, 0.5) is 25.0 Å². The van der Waals surface area contributed by atoms with Crippen molar-refractivity contribution in [1.82, 2.24) is 9.55 Å². The van der Waals surface area contributed by atoms with E-state index in [4.69, 9.17) is 0 Å². The molecule has 0 fully saturated rings. The number of carbonyl (C=O) groups excluding carboxylic acids is 1. The molecule has 0 radical (unpaired) electrons. The Morgan fingerprint density at radius 3 is 2.77 bits per heavy atom. The average Bonchev–Trinajstić information content (AvgIpc) is 3.07. The molecular weight excluding hydrogens is 342 g/mol. The number of hydrogen-bond acceptors (Lipinski definition) is 3. The molecule has 2 heterocycles. The fourth-order valence-electron chi connectivity index (χ4n) is 3.04. The highest BCUT2D eigenvalue weighted by Gasteiger charge is 2.16. The van der Waals surface area contributed by atoms with Gasteiger partial charge in [-0.1, -0.05) is 0 Å². The van der Waals surface area contributed by atoms with Crippen LogP contribution in [-0.2, 0) is 13.0 Å². The van der Waals surface area contributed by atoms with Crippen molar-refractivity contribution < 1.29 is 13.6 Å². The van der Waals surface area contributed by atoms with Gasteiger partial charge in [-0.05, 0) is 36.8 Å². The van der Waals surface area contributed by atoms with Crippen LogP contribution in [0.5, 0.6) is 0 Å². The molecule has 0 saturated carbocycles. The van der Waals surface area contributed by atoms with E-state index in [2.05, 4.69) is 15.6 Å². The summed E-state index contributed by atoms with van der Waals surface area (Å²) in [5.74, 6) is -0.840. The van der Waals surface area contributed by atoms with E-state index in [1.165, 1.54) is 6.07 Å². The number of urea groups is 1. The van der Waals surface area contributed by atoms with Gasteiger partial charge in [0.15, 0.2) is 0 Å². The Hall–Kier alpha value is -3.29. The largest absolute Gasteiger partial charge is 0.323 e. The van der Waals surface area contributed by atoms with Gasteiger partial charge in [0.2, 0.25) is 0 Å². The van der Waals surface area contributed by atoms with Crippen molar-refractivity contribution in [1.29, 1.82) is 0 Å². The van der Waals surface area contributed by atoms with E-state index in [0.29, 0.717) is 29.2 Å². The molecule has 6 nitrogen and oxygen atoms in total. The van der Waals surface area contributed by atoms with Crippen LogP contribution < -0.4 is 16.2 Å². The van der Waals surface area contributed by atoms with Crippen molar-refractivity contribution in [3.05, 3.63) is 64.2 Å². The number of halogens is 2. The second-order valence-electron chi connectivity index (χ2n) is 6.02. The SMILES string of the molecule is O=C(Nc1ccc2nc3n(c(=O)c2c1)CCC3)Nc1ccc(F)cc1F. The molecule has 0 aliphatic carbocycles. The minimum absolute atomic E-state index is 0.142. The zero-order valence-corrected chi connectivity index (χ0v) is 13.6. The number of carbonyl (C=O) groups is 1. The van der Waals surface area contributed by atoms with Crippen LogP contribution in [0.1, 0.15) is 12.2 Å². The maximum Gasteiger partial charge on any atom is 0.323 e. The Morgan fingerprint density at radius 2 is 1.96 bits per heavy atom. The summed E-state index contributed by atoms with van der Waals surface area (Å²) in [5, 5.41) is 5.24. The lowest BCUT2D eigenvalue weighted by atomic mass is 10.2. The monoisotopic (exact) mass is 356 g/mol. The van der Waals surface area contributed by atoms with Gasteiger partial charge in [-0.3, -0.25) is 9.36 Å². The normalized spacial score (nSPS) is 12.8. The fraction of sp³-hybridized carbons (Fsp3) is 0.167. The maximum atomic E-state index is 13.6. The molecule has 2 amide bonds. The van der Waals surface area contributed by atoms with Crippen LogP contribution in [0, 0.1) is 11.6 Å². The number of aryl methyl sites for hydroxylation is 1. The first-order valence-electron chi connectivity index (χ1n) is 8.08. The summed E-state index contributed by atoms with van der Waals surface area (Å²) in [6.07, 6.45) is 1.66. The van der Waals surface area contributed by atoms with Crippen molar-refractivity contribution in [3.63, 3.8) is 0 Å². The van der Waals surface area contributed by atoms with Crippen molar-refractivity contribution in [2.75, 3.05) is 10.6 Å². The highest BCUT2D eigenvalue weighted by Crippen LogP contribution is 2.19. The lowest BCUT2D eigenvalue weighted by molar-refractivity contribution is 0.262. The second kappa shape index (κ2) is 6.21. The fourth-order valence-corrected chi connectivity index (χ4v) is 3.04. The van der Waals surface area contributed by atoms with Crippen LogP contribution in [-0.4, -0.2) is 15.6 Å².